The number of halogens is 1. The van der Waals surface area contributed by atoms with Crippen LogP contribution in [0.3, 0.4) is 0 Å². The van der Waals surface area contributed by atoms with Gasteiger partial charge in [-0.1, -0.05) is 20.8 Å². The largest absolute Gasteiger partial charge is 0.391 e. The quantitative estimate of drug-likeness (QED) is 0.829. The minimum atomic E-state index is -0.372. The fraction of sp³-hybridized carbons (Fsp3) is 0.636. The minimum Gasteiger partial charge on any atom is -0.391 e. The first kappa shape index (κ1) is 13.6. The first-order chi connectivity index (χ1) is 7.37. The lowest BCUT2D eigenvalue weighted by molar-refractivity contribution is 0.132. The van der Waals surface area contributed by atoms with E-state index in [1.807, 2.05) is 0 Å². The van der Waals surface area contributed by atoms with Gasteiger partial charge in [0.05, 0.1) is 6.10 Å². The Bertz CT molecular complexity index is 321. The van der Waals surface area contributed by atoms with Gasteiger partial charge in [-0.15, -0.1) is 0 Å². The predicted molar refractivity (Wildman–Crippen MR) is 73.3 cm³/mol. The van der Waals surface area contributed by atoms with Gasteiger partial charge in [-0.25, -0.2) is 9.97 Å². The number of aliphatic hydroxyl groups is 1. The maximum atomic E-state index is 9.78. The standard InChI is InChI=1S/C11H18IN3O/c1-11(2,3)4-9(16)7-15-10-13-5-8(12)6-14-10/h5-6,9,16H,4,7H2,1-3H3,(H,13,14,15). The van der Waals surface area contributed by atoms with Crippen LogP contribution >= 0.6 is 22.6 Å². The van der Waals surface area contributed by atoms with Crippen LogP contribution < -0.4 is 5.32 Å². The van der Waals surface area contributed by atoms with Gasteiger partial charge >= 0.3 is 0 Å². The van der Waals surface area contributed by atoms with Gasteiger partial charge in [0.15, 0.2) is 0 Å². The summed E-state index contributed by atoms with van der Waals surface area (Å²) >= 11 is 2.15. The van der Waals surface area contributed by atoms with E-state index < -0.39 is 0 Å². The highest BCUT2D eigenvalue weighted by Crippen LogP contribution is 2.20. The fourth-order valence-electron chi connectivity index (χ4n) is 1.39. The monoisotopic (exact) mass is 335 g/mol. The molecule has 0 bridgehead atoms. The summed E-state index contributed by atoms with van der Waals surface area (Å²) in [5.74, 6) is 0.563. The second-order valence-corrected chi connectivity index (χ2v) is 6.27. The van der Waals surface area contributed by atoms with Crippen LogP contribution in [0.1, 0.15) is 27.2 Å². The Morgan fingerprint density at radius 1 is 1.38 bits per heavy atom. The van der Waals surface area contributed by atoms with E-state index in [2.05, 4.69) is 58.6 Å². The molecule has 90 valence electrons. The molecule has 0 radical (unpaired) electrons. The zero-order valence-corrected chi connectivity index (χ0v) is 12.0. The summed E-state index contributed by atoms with van der Waals surface area (Å²) < 4.78 is 0.999. The molecule has 0 aliphatic heterocycles. The Balaban J connectivity index is 2.37. The molecule has 0 saturated heterocycles. The van der Waals surface area contributed by atoms with E-state index in [1.165, 1.54) is 0 Å². The molecule has 0 fully saturated rings. The summed E-state index contributed by atoms with van der Waals surface area (Å²) in [6.07, 6.45) is 3.87. The van der Waals surface area contributed by atoms with Crippen LogP contribution in [0.15, 0.2) is 12.4 Å². The van der Waals surface area contributed by atoms with Crippen molar-refractivity contribution in [2.75, 3.05) is 11.9 Å². The Morgan fingerprint density at radius 2 is 1.94 bits per heavy atom. The lowest BCUT2D eigenvalue weighted by Crippen LogP contribution is -2.25. The SMILES string of the molecule is CC(C)(C)CC(O)CNc1ncc(I)cn1. The number of nitrogens with zero attached hydrogens (tertiary/aromatic N) is 2. The molecule has 16 heavy (non-hydrogen) atoms. The number of aromatic nitrogens is 2. The van der Waals surface area contributed by atoms with Crippen molar-refractivity contribution in [1.29, 1.82) is 0 Å². The third-order valence-electron chi connectivity index (χ3n) is 1.96. The molecule has 1 aromatic rings. The number of rotatable bonds is 4. The average Bonchev–Trinajstić information content (AvgIpc) is 2.14. The van der Waals surface area contributed by atoms with Gasteiger partial charge in [-0.3, -0.25) is 0 Å². The smallest absolute Gasteiger partial charge is 0.222 e. The highest BCUT2D eigenvalue weighted by molar-refractivity contribution is 14.1. The topological polar surface area (TPSA) is 58.0 Å². The van der Waals surface area contributed by atoms with Crippen molar-refractivity contribution in [3.8, 4) is 0 Å². The van der Waals surface area contributed by atoms with Crippen LogP contribution in [0, 0.1) is 8.99 Å². The average molecular weight is 335 g/mol. The van der Waals surface area contributed by atoms with Crippen LogP contribution in [0.5, 0.6) is 0 Å². The summed E-state index contributed by atoms with van der Waals surface area (Å²) in [6.45, 7) is 6.81. The van der Waals surface area contributed by atoms with Gasteiger partial charge in [-0.2, -0.15) is 0 Å². The molecule has 1 unspecified atom stereocenters. The van der Waals surface area contributed by atoms with Crippen molar-refractivity contribution in [3.63, 3.8) is 0 Å². The van der Waals surface area contributed by atoms with Crippen LogP contribution in [0.25, 0.3) is 0 Å². The van der Waals surface area contributed by atoms with Crippen molar-refractivity contribution in [2.45, 2.75) is 33.3 Å². The summed E-state index contributed by atoms with van der Waals surface area (Å²) in [7, 11) is 0. The van der Waals surface area contributed by atoms with Crippen LogP contribution in [0.2, 0.25) is 0 Å². The number of aliphatic hydroxyl groups excluding tert-OH is 1. The van der Waals surface area contributed by atoms with Crippen molar-refractivity contribution in [2.24, 2.45) is 5.41 Å². The molecule has 2 N–H and O–H groups in total. The zero-order chi connectivity index (χ0) is 12.2. The Morgan fingerprint density at radius 3 is 2.44 bits per heavy atom. The van der Waals surface area contributed by atoms with E-state index in [0.29, 0.717) is 12.5 Å². The Hall–Kier alpha value is -0.430. The lowest BCUT2D eigenvalue weighted by Gasteiger charge is -2.22. The van der Waals surface area contributed by atoms with Gasteiger partial charge in [0.1, 0.15) is 0 Å². The highest BCUT2D eigenvalue weighted by Gasteiger charge is 2.16. The Kier molecular flexibility index (Phi) is 4.91. The van der Waals surface area contributed by atoms with Crippen molar-refractivity contribution in [1.82, 2.24) is 9.97 Å². The molecule has 0 amide bonds. The van der Waals surface area contributed by atoms with E-state index in [1.54, 1.807) is 12.4 Å². The number of nitrogens with one attached hydrogen (secondary N) is 1. The van der Waals surface area contributed by atoms with Gasteiger partial charge in [0.25, 0.3) is 0 Å². The van der Waals surface area contributed by atoms with Gasteiger partial charge in [0.2, 0.25) is 5.95 Å². The Labute approximate surface area is 110 Å². The molecule has 0 aliphatic rings. The van der Waals surface area contributed by atoms with E-state index in [4.69, 9.17) is 0 Å². The summed E-state index contributed by atoms with van der Waals surface area (Å²) in [4.78, 5) is 8.21. The summed E-state index contributed by atoms with van der Waals surface area (Å²) in [5, 5.41) is 12.8. The first-order valence-electron chi connectivity index (χ1n) is 5.26. The molecule has 0 spiro atoms. The van der Waals surface area contributed by atoms with Crippen molar-refractivity contribution >= 4 is 28.5 Å². The lowest BCUT2D eigenvalue weighted by atomic mass is 9.89. The highest BCUT2D eigenvalue weighted by atomic mass is 127. The van der Waals surface area contributed by atoms with Crippen molar-refractivity contribution in [3.05, 3.63) is 16.0 Å². The second kappa shape index (κ2) is 5.77. The number of hydrogen-bond acceptors (Lipinski definition) is 4. The second-order valence-electron chi connectivity index (χ2n) is 5.02. The number of hydrogen-bond donors (Lipinski definition) is 2. The third kappa shape index (κ3) is 5.60. The van der Waals surface area contributed by atoms with Crippen molar-refractivity contribution < 1.29 is 5.11 Å². The molecule has 0 saturated carbocycles. The molecule has 1 rings (SSSR count). The van der Waals surface area contributed by atoms with Crippen LogP contribution in [-0.2, 0) is 0 Å². The maximum absolute atomic E-state index is 9.78. The molecule has 1 aromatic heterocycles. The molecule has 0 aromatic carbocycles. The van der Waals surface area contributed by atoms with Gasteiger partial charge < -0.3 is 10.4 Å². The molecule has 0 aliphatic carbocycles. The van der Waals surface area contributed by atoms with E-state index in [0.717, 1.165) is 9.99 Å². The van der Waals surface area contributed by atoms with Crippen LogP contribution in [-0.4, -0.2) is 27.7 Å². The van der Waals surface area contributed by atoms with Gasteiger partial charge in [0, 0.05) is 22.5 Å². The summed E-state index contributed by atoms with van der Waals surface area (Å²) in [5.41, 5.74) is 0.133. The van der Waals surface area contributed by atoms with Gasteiger partial charge in [-0.05, 0) is 34.4 Å². The molecule has 1 heterocycles. The summed E-state index contributed by atoms with van der Waals surface area (Å²) in [6, 6.07) is 0. The van der Waals surface area contributed by atoms with E-state index in [-0.39, 0.29) is 11.5 Å². The molecular weight excluding hydrogens is 317 g/mol. The number of anilines is 1. The molecule has 5 heteroatoms. The molecule has 1 atom stereocenters. The van der Waals surface area contributed by atoms with E-state index in [9.17, 15) is 5.11 Å². The molecular formula is C11H18IN3O. The minimum absolute atomic E-state index is 0.133. The maximum Gasteiger partial charge on any atom is 0.222 e. The molecule has 4 nitrogen and oxygen atoms in total. The van der Waals surface area contributed by atoms with Crippen LogP contribution in [0.4, 0.5) is 5.95 Å². The van der Waals surface area contributed by atoms with E-state index >= 15 is 0 Å². The zero-order valence-electron chi connectivity index (χ0n) is 9.87. The first-order valence-corrected chi connectivity index (χ1v) is 6.34. The normalized spacial score (nSPS) is 13.6. The fourth-order valence-corrected chi connectivity index (χ4v) is 1.67. The third-order valence-corrected chi connectivity index (χ3v) is 2.52. The predicted octanol–water partition coefficient (Wildman–Crippen LogP) is 2.29.